The number of aryl methyl sites for hydroxylation is 1. The van der Waals surface area contributed by atoms with E-state index < -0.39 is 26.7 Å². The van der Waals surface area contributed by atoms with Crippen LogP contribution >= 0.6 is 23.2 Å². The second-order valence-corrected chi connectivity index (χ2v) is 10.6. The molecule has 4 rings (SSSR count). The van der Waals surface area contributed by atoms with Gasteiger partial charge in [0.25, 0.3) is 16.0 Å². The van der Waals surface area contributed by atoms with E-state index >= 15 is 0 Å². The first-order chi connectivity index (χ1) is 18.5. The summed E-state index contributed by atoms with van der Waals surface area (Å²) < 4.78 is 38.5. The van der Waals surface area contributed by atoms with Crippen LogP contribution in [0.2, 0.25) is 10.0 Å². The topological polar surface area (TPSA) is 140 Å². The monoisotopic (exact) mass is 609 g/mol. The van der Waals surface area contributed by atoms with Crippen LogP contribution in [-0.4, -0.2) is 25.5 Å². The van der Waals surface area contributed by atoms with Crippen LogP contribution in [0.25, 0.3) is 10.8 Å². The number of carbonyl (C=O) groups excluding carboxylic acids is 1. The molecule has 0 fully saturated rings. The number of fused-ring (bicyclic) bond motifs is 1. The Morgan fingerprint density at radius 3 is 2.45 bits per heavy atom. The van der Waals surface area contributed by atoms with Gasteiger partial charge >= 0.3 is 29.6 Å². The van der Waals surface area contributed by atoms with Crippen molar-refractivity contribution >= 4 is 67.1 Å². The third-order valence-corrected chi connectivity index (χ3v) is 7.19. The van der Waals surface area contributed by atoms with Crippen LogP contribution in [0, 0.1) is 0 Å². The average Bonchev–Trinajstić information content (AvgIpc) is 2.87. The van der Waals surface area contributed by atoms with Gasteiger partial charge in [-0.25, -0.2) is 0 Å². The Labute approximate surface area is 263 Å². The minimum atomic E-state index is -4.55. The predicted molar refractivity (Wildman–Crippen MR) is 149 cm³/mol. The first kappa shape index (κ1) is 31.8. The maximum Gasteiger partial charge on any atom is 1.00 e. The van der Waals surface area contributed by atoms with E-state index in [0.29, 0.717) is 45.8 Å². The molecule has 0 atom stereocenters. The fourth-order valence-corrected chi connectivity index (χ4v) is 4.94. The molecule has 1 amide bonds. The van der Waals surface area contributed by atoms with Gasteiger partial charge in [0.2, 0.25) is 0 Å². The number of nitrogens with zero attached hydrogens (tertiary/aromatic N) is 2. The van der Waals surface area contributed by atoms with Crippen molar-refractivity contribution in [3.63, 3.8) is 0 Å². The Balaban J connectivity index is 0.00000441. The quantitative estimate of drug-likeness (QED) is 0.175. The van der Waals surface area contributed by atoms with Crippen LogP contribution in [0.4, 0.5) is 17.1 Å². The molecule has 0 heterocycles. The summed E-state index contributed by atoms with van der Waals surface area (Å²) in [5, 5.41) is 25.7. The molecule has 0 aliphatic rings. The Morgan fingerprint density at radius 1 is 1.05 bits per heavy atom. The van der Waals surface area contributed by atoms with Crippen molar-refractivity contribution in [1.29, 1.82) is 0 Å². The fraction of sp³-hybridized carbons (Fsp3) is 0.148. The number of hydrogen-bond acceptors (Lipinski definition) is 7. The number of azo groups is 1. The Kier molecular flexibility index (Phi) is 10.6. The van der Waals surface area contributed by atoms with E-state index in [1.165, 1.54) is 18.2 Å². The molecule has 202 valence electrons. The first-order valence-electron chi connectivity index (χ1n) is 11.7. The smallest absolute Gasteiger partial charge is 0.870 e. The maximum absolute atomic E-state index is 13.5. The molecule has 40 heavy (non-hydrogen) atoms. The van der Waals surface area contributed by atoms with E-state index in [-0.39, 0.29) is 51.5 Å². The van der Waals surface area contributed by atoms with E-state index in [1.54, 1.807) is 43.3 Å². The summed E-state index contributed by atoms with van der Waals surface area (Å²) in [4.78, 5) is 12.8. The second-order valence-electron chi connectivity index (χ2n) is 8.33. The number of halogens is 2. The Bertz CT molecular complexity index is 1730. The summed E-state index contributed by atoms with van der Waals surface area (Å²) in [7, 11) is -4.55. The summed E-state index contributed by atoms with van der Waals surface area (Å²) in [6.07, 6.45) is 0.352. The molecular weight excluding hydrogens is 588 g/mol. The predicted octanol–water partition coefficient (Wildman–Crippen LogP) is 4.10. The molecule has 0 aliphatic heterocycles. The molecule has 0 aliphatic carbocycles. The molecule has 0 bridgehead atoms. The van der Waals surface area contributed by atoms with Crippen molar-refractivity contribution in [2.75, 3.05) is 11.9 Å². The average molecular weight is 610 g/mol. The largest absolute Gasteiger partial charge is 1.00 e. The SMILES string of the molecule is CCOc1cc(Cl)cc(NC(=O)c2cc3ccccc3c(N=Nc3cc(S(=O)(=O)O)cc(CC)c3Cl)c2[O-])c1.[Na+]. The van der Waals surface area contributed by atoms with Crippen molar-refractivity contribution < 1.29 is 57.2 Å². The van der Waals surface area contributed by atoms with Crippen LogP contribution in [0.15, 0.2) is 75.8 Å². The van der Waals surface area contributed by atoms with Gasteiger partial charge in [-0.3, -0.25) is 9.35 Å². The molecular formula is C27H22Cl2N3NaO6S. The van der Waals surface area contributed by atoms with Crippen molar-refractivity contribution in [2.45, 2.75) is 25.2 Å². The number of nitrogens with one attached hydrogen (secondary N) is 1. The molecule has 0 radical (unpaired) electrons. The second kappa shape index (κ2) is 13.3. The van der Waals surface area contributed by atoms with Gasteiger partial charge in [0, 0.05) is 27.7 Å². The number of hydrogen-bond donors (Lipinski definition) is 2. The molecule has 4 aromatic carbocycles. The van der Waals surface area contributed by atoms with E-state index in [9.17, 15) is 22.9 Å². The number of benzene rings is 4. The van der Waals surface area contributed by atoms with Crippen LogP contribution in [0.5, 0.6) is 11.5 Å². The van der Waals surface area contributed by atoms with Crippen LogP contribution in [-0.2, 0) is 16.5 Å². The van der Waals surface area contributed by atoms with Crippen molar-refractivity contribution in [3.05, 3.63) is 81.8 Å². The molecule has 0 unspecified atom stereocenters. The number of rotatable bonds is 8. The minimum absolute atomic E-state index is 0. The zero-order valence-electron chi connectivity index (χ0n) is 21.7. The third-order valence-electron chi connectivity index (χ3n) is 5.70. The van der Waals surface area contributed by atoms with Crippen molar-refractivity contribution in [1.82, 2.24) is 0 Å². The fourth-order valence-electron chi connectivity index (χ4n) is 3.88. The number of anilines is 1. The third kappa shape index (κ3) is 7.13. The standard InChI is InChI=1S/C27H23Cl2N3O6S.Na/c1-3-15-9-20(39(35,36)37)14-23(24(15)29)31-32-25-21-8-6-5-7-16(21)10-22(26(25)33)27(34)30-18-11-17(28)12-19(13-18)38-4-2;/h5-14,33H,3-4H2,1-2H3,(H,30,34)(H,35,36,37);/q;+1/p-1. The van der Waals surface area contributed by atoms with Gasteiger partial charge in [-0.05, 0) is 54.6 Å². The molecule has 9 nitrogen and oxygen atoms in total. The van der Waals surface area contributed by atoms with Crippen LogP contribution in [0.3, 0.4) is 0 Å². The zero-order valence-corrected chi connectivity index (χ0v) is 26.1. The molecule has 0 saturated heterocycles. The van der Waals surface area contributed by atoms with Gasteiger partial charge < -0.3 is 15.2 Å². The summed E-state index contributed by atoms with van der Waals surface area (Å²) in [6, 6.07) is 15.2. The van der Waals surface area contributed by atoms with Crippen LogP contribution < -0.4 is 44.7 Å². The van der Waals surface area contributed by atoms with Crippen LogP contribution in [0.1, 0.15) is 29.8 Å². The van der Waals surface area contributed by atoms with Crippen molar-refractivity contribution in [3.8, 4) is 11.5 Å². The van der Waals surface area contributed by atoms with E-state index in [1.807, 2.05) is 6.92 Å². The summed E-state index contributed by atoms with van der Waals surface area (Å²) >= 11 is 12.5. The number of carbonyl (C=O) groups is 1. The van der Waals surface area contributed by atoms with E-state index in [2.05, 4.69) is 15.5 Å². The maximum atomic E-state index is 13.5. The Hall–Kier alpha value is -2.70. The van der Waals surface area contributed by atoms with Gasteiger partial charge in [-0.2, -0.15) is 13.5 Å². The van der Waals surface area contributed by atoms with E-state index in [0.717, 1.165) is 6.07 Å². The molecule has 4 aromatic rings. The molecule has 0 saturated carbocycles. The van der Waals surface area contributed by atoms with Gasteiger partial charge in [-0.15, -0.1) is 5.11 Å². The zero-order chi connectivity index (χ0) is 28.3. The van der Waals surface area contributed by atoms with Crippen molar-refractivity contribution in [2.24, 2.45) is 10.2 Å². The van der Waals surface area contributed by atoms with E-state index in [4.69, 9.17) is 27.9 Å². The molecule has 2 N–H and O–H groups in total. The van der Waals surface area contributed by atoms with Gasteiger partial charge in [0.15, 0.2) is 0 Å². The Morgan fingerprint density at radius 2 is 1.77 bits per heavy atom. The summed E-state index contributed by atoms with van der Waals surface area (Å²) in [6.45, 7) is 3.95. The van der Waals surface area contributed by atoms with Gasteiger partial charge in [-0.1, -0.05) is 60.1 Å². The summed E-state index contributed by atoms with van der Waals surface area (Å²) in [5.74, 6) is -0.961. The first-order valence-corrected chi connectivity index (χ1v) is 13.9. The summed E-state index contributed by atoms with van der Waals surface area (Å²) in [5.41, 5.74) is 0.323. The molecule has 0 aromatic heterocycles. The van der Waals surface area contributed by atoms with Gasteiger partial charge in [0.1, 0.15) is 11.4 Å². The number of ether oxygens (including phenoxy) is 1. The normalized spacial score (nSPS) is 11.4. The molecule has 0 spiro atoms. The minimum Gasteiger partial charge on any atom is -0.870 e. The number of amides is 1. The van der Waals surface area contributed by atoms with Gasteiger partial charge in [0.05, 0.1) is 22.2 Å². The molecule has 13 heteroatoms.